The Kier molecular flexibility index (Phi) is 4.78. The molecule has 0 atom stereocenters. The molecule has 1 fully saturated rings. The van der Waals surface area contributed by atoms with E-state index in [1.165, 1.54) is 6.42 Å². The van der Waals surface area contributed by atoms with Crippen LogP contribution in [0.15, 0.2) is 0 Å². The maximum Gasteiger partial charge on any atom is 0.226 e. The number of nitrogens with zero attached hydrogens (tertiary/aromatic N) is 1. The van der Waals surface area contributed by atoms with Crippen molar-refractivity contribution in [3.63, 3.8) is 0 Å². The van der Waals surface area contributed by atoms with E-state index in [1.54, 1.807) is 0 Å². The van der Waals surface area contributed by atoms with Gasteiger partial charge in [0.1, 0.15) is 5.54 Å². The van der Waals surface area contributed by atoms with Crippen molar-refractivity contribution < 1.29 is 4.79 Å². The van der Waals surface area contributed by atoms with Crippen molar-refractivity contribution in [1.29, 1.82) is 5.26 Å². The van der Waals surface area contributed by atoms with Gasteiger partial charge in [-0.3, -0.25) is 4.79 Å². The monoisotopic (exact) mass is 250 g/mol. The molecule has 3 heteroatoms. The largest absolute Gasteiger partial charge is 0.337 e. The molecule has 1 aliphatic rings. The van der Waals surface area contributed by atoms with Crippen LogP contribution >= 0.6 is 0 Å². The van der Waals surface area contributed by atoms with Gasteiger partial charge in [-0.15, -0.1) is 0 Å². The molecule has 0 aromatic heterocycles. The van der Waals surface area contributed by atoms with Crippen LogP contribution < -0.4 is 5.32 Å². The summed E-state index contributed by atoms with van der Waals surface area (Å²) in [6.07, 6.45) is 5.67. The van der Waals surface area contributed by atoms with Crippen LogP contribution in [0.2, 0.25) is 0 Å². The summed E-state index contributed by atoms with van der Waals surface area (Å²) in [6.45, 7) is 8.07. The van der Waals surface area contributed by atoms with Gasteiger partial charge in [0, 0.05) is 5.41 Å². The smallest absolute Gasteiger partial charge is 0.226 e. The molecule has 0 bridgehead atoms. The van der Waals surface area contributed by atoms with Gasteiger partial charge < -0.3 is 5.32 Å². The van der Waals surface area contributed by atoms with Crippen LogP contribution in [-0.4, -0.2) is 11.4 Å². The van der Waals surface area contributed by atoms with Crippen LogP contribution in [0.3, 0.4) is 0 Å². The molecule has 0 saturated heterocycles. The highest BCUT2D eigenvalue weighted by Crippen LogP contribution is 2.34. The molecule has 0 radical (unpaired) electrons. The second kappa shape index (κ2) is 5.73. The lowest BCUT2D eigenvalue weighted by atomic mass is 9.75. The SMILES string of the molecule is CCC1CCC(C#N)(NC(=O)C(C)(C)CC)CC1. The molecule has 1 amide bonds. The molecule has 3 nitrogen and oxygen atoms in total. The zero-order valence-electron chi connectivity index (χ0n) is 12.2. The number of hydrogen-bond donors (Lipinski definition) is 1. The number of hydrogen-bond acceptors (Lipinski definition) is 2. The molecule has 0 spiro atoms. The van der Waals surface area contributed by atoms with Gasteiger partial charge in [0.25, 0.3) is 0 Å². The molecule has 1 aliphatic carbocycles. The fourth-order valence-corrected chi connectivity index (χ4v) is 2.39. The second-order valence-corrected chi connectivity index (χ2v) is 6.24. The van der Waals surface area contributed by atoms with E-state index in [4.69, 9.17) is 0 Å². The zero-order valence-corrected chi connectivity index (χ0v) is 12.2. The molecule has 0 aliphatic heterocycles. The lowest BCUT2D eigenvalue weighted by molar-refractivity contribution is -0.131. The van der Waals surface area contributed by atoms with Crippen molar-refractivity contribution >= 4 is 5.91 Å². The van der Waals surface area contributed by atoms with Crippen molar-refractivity contribution in [2.75, 3.05) is 0 Å². The maximum atomic E-state index is 12.2. The summed E-state index contributed by atoms with van der Waals surface area (Å²) >= 11 is 0. The van der Waals surface area contributed by atoms with Gasteiger partial charge in [-0.25, -0.2) is 0 Å². The number of carbonyl (C=O) groups excluding carboxylic acids is 1. The first-order chi connectivity index (χ1) is 8.39. The topological polar surface area (TPSA) is 52.9 Å². The van der Waals surface area contributed by atoms with Gasteiger partial charge >= 0.3 is 0 Å². The third-order valence-corrected chi connectivity index (χ3v) is 4.60. The van der Waals surface area contributed by atoms with Crippen LogP contribution in [-0.2, 0) is 4.79 Å². The van der Waals surface area contributed by atoms with Crippen molar-refractivity contribution in [3.05, 3.63) is 0 Å². The highest BCUT2D eigenvalue weighted by atomic mass is 16.2. The summed E-state index contributed by atoms with van der Waals surface area (Å²) in [4.78, 5) is 12.2. The number of carbonyl (C=O) groups is 1. The van der Waals surface area contributed by atoms with Crippen molar-refractivity contribution in [2.45, 2.75) is 71.8 Å². The van der Waals surface area contributed by atoms with E-state index in [0.717, 1.165) is 38.0 Å². The normalized spacial score (nSPS) is 28.5. The Hall–Kier alpha value is -1.04. The first-order valence-electron chi connectivity index (χ1n) is 7.13. The van der Waals surface area contributed by atoms with Gasteiger partial charge in [-0.1, -0.05) is 34.1 Å². The van der Waals surface area contributed by atoms with Crippen LogP contribution in [0.1, 0.15) is 66.2 Å². The fourth-order valence-electron chi connectivity index (χ4n) is 2.39. The Bertz CT molecular complexity index is 333. The zero-order chi connectivity index (χ0) is 13.8. The minimum absolute atomic E-state index is 0.0153. The Morgan fingerprint density at radius 2 is 1.94 bits per heavy atom. The third-order valence-electron chi connectivity index (χ3n) is 4.60. The summed E-state index contributed by atoms with van der Waals surface area (Å²) in [7, 11) is 0. The molecule has 1 rings (SSSR count). The summed E-state index contributed by atoms with van der Waals surface area (Å²) < 4.78 is 0. The predicted molar refractivity (Wildman–Crippen MR) is 72.8 cm³/mol. The highest BCUT2D eigenvalue weighted by Gasteiger charge is 2.39. The predicted octanol–water partition coefficient (Wildman–Crippen LogP) is 3.40. The van der Waals surface area contributed by atoms with E-state index in [9.17, 15) is 10.1 Å². The fraction of sp³-hybridized carbons (Fsp3) is 0.867. The van der Waals surface area contributed by atoms with E-state index in [2.05, 4.69) is 18.3 Å². The average Bonchev–Trinajstić information content (AvgIpc) is 2.39. The molecule has 1 N–H and O–H groups in total. The number of amides is 1. The average molecular weight is 250 g/mol. The number of rotatable bonds is 4. The minimum atomic E-state index is -0.616. The molecule has 102 valence electrons. The van der Waals surface area contributed by atoms with Crippen molar-refractivity contribution in [1.82, 2.24) is 5.32 Å². The van der Waals surface area contributed by atoms with E-state index in [0.29, 0.717) is 0 Å². The molecular weight excluding hydrogens is 224 g/mol. The minimum Gasteiger partial charge on any atom is -0.337 e. The summed E-state index contributed by atoms with van der Waals surface area (Å²) in [6, 6.07) is 2.36. The number of nitrogens with one attached hydrogen (secondary N) is 1. The van der Waals surface area contributed by atoms with Crippen LogP contribution in [0.4, 0.5) is 0 Å². The Morgan fingerprint density at radius 3 is 2.33 bits per heavy atom. The Morgan fingerprint density at radius 1 is 1.39 bits per heavy atom. The van der Waals surface area contributed by atoms with Crippen LogP contribution in [0, 0.1) is 22.7 Å². The molecule has 1 saturated carbocycles. The number of nitriles is 1. The quantitative estimate of drug-likeness (QED) is 0.831. The van der Waals surface area contributed by atoms with Crippen molar-refractivity contribution in [3.8, 4) is 6.07 Å². The first-order valence-corrected chi connectivity index (χ1v) is 7.13. The van der Waals surface area contributed by atoms with Crippen LogP contribution in [0.25, 0.3) is 0 Å². The lowest BCUT2D eigenvalue weighted by Crippen LogP contribution is -2.53. The summed E-state index contributed by atoms with van der Waals surface area (Å²) in [5.41, 5.74) is -0.999. The summed E-state index contributed by atoms with van der Waals surface area (Å²) in [5, 5.41) is 12.4. The molecule has 18 heavy (non-hydrogen) atoms. The Labute approximate surface area is 111 Å². The van der Waals surface area contributed by atoms with E-state index < -0.39 is 5.54 Å². The van der Waals surface area contributed by atoms with Crippen molar-refractivity contribution in [2.24, 2.45) is 11.3 Å². The third kappa shape index (κ3) is 3.25. The van der Waals surface area contributed by atoms with Gasteiger partial charge in [-0.05, 0) is 38.0 Å². The molecule has 0 unspecified atom stereocenters. The first kappa shape index (κ1) is 15.0. The second-order valence-electron chi connectivity index (χ2n) is 6.24. The van der Waals surface area contributed by atoms with E-state index >= 15 is 0 Å². The standard InChI is InChI=1S/C15H26N2O/c1-5-12-7-9-15(11-16,10-8-12)17-13(18)14(3,4)6-2/h12H,5-10H2,1-4H3,(H,17,18). The molecular formula is C15H26N2O. The molecule has 0 aromatic rings. The summed E-state index contributed by atoms with van der Waals surface area (Å²) in [5.74, 6) is 0.740. The Balaban J connectivity index is 2.69. The highest BCUT2D eigenvalue weighted by molar-refractivity contribution is 5.82. The van der Waals surface area contributed by atoms with Gasteiger partial charge in [0.15, 0.2) is 0 Å². The maximum absolute atomic E-state index is 12.2. The van der Waals surface area contributed by atoms with Gasteiger partial charge in [-0.2, -0.15) is 5.26 Å². The van der Waals surface area contributed by atoms with E-state index in [1.807, 2.05) is 20.8 Å². The van der Waals surface area contributed by atoms with Gasteiger partial charge in [0.2, 0.25) is 5.91 Å². The molecule has 0 heterocycles. The van der Waals surface area contributed by atoms with E-state index in [-0.39, 0.29) is 11.3 Å². The lowest BCUT2D eigenvalue weighted by Gasteiger charge is -2.37. The van der Waals surface area contributed by atoms with Crippen LogP contribution in [0.5, 0.6) is 0 Å². The molecule has 0 aromatic carbocycles. The van der Waals surface area contributed by atoms with Gasteiger partial charge in [0.05, 0.1) is 6.07 Å².